The molecule has 0 aliphatic carbocycles. The Bertz CT molecular complexity index is 1170. The van der Waals surface area contributed by atoms with Gasteiger partial charge in [-0.1, -0.05) is 0 Å². The van der Waals surface area contributed by atoms with E-state index in [4.69, 9.17) is 4.42 Å². The number of fused-ring (bicyclic) bond motifs is 1. The molecule has 0 saturated heterocycles. The first-order chi connectivity index (χ1) is 12.6. The van der Waals surface area contributed by atoms with E-state index in [2.05, 4.69) is 5.10 Å². The molecule has 2 aromatic heterocycles. The average molecular weight is 390 g/mol. The molecule has 3 rings (SSSR count). The van der Waals surface area contributed by atoms with Gasteiger partial charge in [0.1, 0.15) is 21.2 Å². The summed E-state index contributed by atoms with van der Waals surface area (Å²) in [6.45, 7) is 5.38. The van der Waals surface area contributed by atoms with E-state index in [1.165, 1.54) is 17.1 Å². The summed E-state index contributed by atoms with van der Waals surface area (Å²) < 4.78 is 30.2. The van der Waals surface area contributed by atoms with E-state index in [9.17, 15) is 18.3 Å². The first-order valence-electron chi connectivity index (χ1n) is 8.53. The lowest BCUT2D eigenvalue weighted by Crippen LogP contribution is -2.11. The molecule has 0 unspecified atom stereocenters. The van der Waals surface area contributed by atoms with E-state index >= 15 is 0 Å². The fourth-order valence-electron chi connectivity index (χ4n) is 3.02. The standard InChI is InChI=1S/C19H22N2O5S/c1-11-7-15(13(3)22)19-16(8-11)17(23)12(2)18(26-19)14-9-20-21(10-14)5-6-27(4,24)25/h7-10,13,22H,5-6H2,1-4H3/t13-/m0/s1. The molecule has 0 aliphatic heterocycles. The van der Waals surface area contributed by atoms with Crippen LogP contribution in [0.5, 0.6) is 0 Å². The molecule has 1 N–H and O–H groups in total. The predicted molar refractivity (Wildman–Crippen MR) is 104 cm³/mol. The molecule has 0 aliphatic rings. The Labute approximate surface area is 157 Å². The maximum Gasteiger partial charge on any atom is 0.196 e. The van der Waals surface area contributed by atoms with Gasteiger partial charge < -0.3 is 9.52 Å². The monoisotopic (exact) mass is 390 g/mol. The Kier molecular flexibility index (Phi) is 4.96. The molecule has 1 aromatic carbocycles. The third kappa shape index (κ3) is 3.96. The van der Waals surface area contributed by atoms with Crippen LogP contribution in [0.15, 0.2) is 33.7 Å². The molecule has 0 amide bonds. The highest BCUT2D eigenvalue weighted by Crippen LogP contribution is 2.30. The van der Waals surface area contributed by atoms with Crippen LogP contribution >= 0.6 is 0 Å². The molecular formula is C19H22N2O5S. The Hall–Kier alpha value is -2.45. The summed E-state index contributed by atoms with van der Waals surface area (Å²) in [4.78, 5) is 12.9. The minimum Gasteiger partial charge on any atom is -0.455 e. The summed E-state index contributed by atoms with van der Waals surface area (Å²) in [5, 5.41) is 14.7. The van der Waals surface area contributed by atoms with Crippen LogP contribution in [-0.4, -0.2) is 35.3 Å². The smallest absolute Gasteiger partial charge is 0.196 e. The topological polar surface area (TPSA) is 102 Å². The van der Waals surface area contributed by atoms with Gasteiger partial charge in [0, 0.05) is 23.6 Å². The van der Waals surface area contributed by atoms with Crippen LogP contribution in [0.1, 0.15) is 29.7 Å². The van der Waals surface area contributed by atoms with Crippen LogP contribution in [0.25, 0.3) is 22.3 Å². The largest absolute Gasteiger partial charge is 0.455 e. The molecule has 0 bridgehead atoms. The van der Waals surface area contributed by atoms with Gasteiger partial charge >= 0.3 is 0 Å². The Morgan fingerprint density at radius 3 is 2.63 bits per heavy atom. The molecule has 2 heterocycles. The normalized spacial score (nSPS) is 13.2. The minimum absolute atomic E-state index is 0.0276. The van der Waals surface area contributed by atoms with Crippen LogP contribution in [0.4, 0.5) is 0 Å². The van der Waals surface area contributed by atoms with Crippen molar-refractivity contribution < 1.29 is 17.9 Å². The van der Waals surface area contributed by atoms with E-state index < -0.39 is 15.9 Å². The fraction of sp³-hybridized carbons (Fsp3) is 0.368. The van der Waals surface area contributed by atoms with Gasteiger partial charge in [-0.15, -0.1) is 0 Å². The van der Waals surface area contributed by atoms with Gasteiger partial charge in [0.05, 0.1) is 35.5 Å². The fourth-order valence-corrected chi connectivity index (χ4v) is 3.53. The number of nitrogens with zero attached hydrogens (tertiary/aromatic N) is 2. The van der Waals surface area contributed by atoms with Crippen molar-refractivity contribution in [3.8, 4) is 11.3 Å². The number of aliphatic hydroxyl groups is 1. The van der Waals surface area contributed by atoms with Crippen molar-refractivity contribution in [1.29, 1.82) is 0 Å². The van der Waals surface area contributed by atoms with Crippen LogP contribution in [0, 0.1) is 13.8 Å². The average Bonchev–Trinajstić information content (AvgIpc) is 3.04. The maximum atomic E-state index is 12.9. The number of aliphatic hydroxyl groups excluding tert-OH is 1. The van der Waals surface area contributed by atoms with Crippen molar-refractivity contribution in [1.82, 2.24) is 9.78 Å². The highest BCUT2D eigenvalue weighted by molar-refractivity contribution is 7.90. The second-order valence-corrected chi connectivity index (χ2v) is 9.17. The Morgan fingerprint density at radius 1 is 1.30 bits per heavy atom. The van der Waals surface area contributed by atoms with Crippen molar-refractivity contribution in [2.75, 3.05) is 12.0 Å². The summed E-state index contributed by atoms with van der Waals surface area (Å²) in [6, 6.07) is 3.55. The quantitative estimate of drug-likeness (QED) is 0.717. The Balaban J connectivity index is 2.14. The van der Waals surface area contributed by atoms with Gasteiger partial charge in [-0.25, -0.2) is 8.42 Å². The number of benzene rings is 1. The minimum atomic E-state index is -3.10. The molecule has 7 nitrogen and oxygen atoms in total. The van der Waals surface area contributed by atoms with Gasteiger partial charge in [0.15, 0.2) is 5.43 Å². The first kappa shape index (κ1) is 19.3. The van der Waals surface area contributed by atoms with Crippen LogP contribution in [0.3, 0.4) is 0 Å². The molecule has 1 atom stereocenters. The molecule has 3 aromatic rings. The molecule has 27 heavy (non-hydrogen) atoms. The summed E-state index contributed by atoms with van der Waals surface area (Å²) in [5.41, 5.74) is 2.62. The van der Waals surface area contributed by atoms with E-state index in [0.29, 0.717) is 33.4 Å². The second-order valence-electron chi connectivity index (χ2n) is 6.91. The number of aromatic nitrogens is 2. The molecule has 0 fully saturated rings. The number of aryl methyl sites for hydroxylation is 2. The number of sulfone groups is 1. The zero-order valence-electron chi connectivity index (χ0n) is 15.7. The zero-order valence-corrected chi connectivity index (χ0v) is 16.5. The molecule has 8 heteroatoms. The van der Waals surface area contributed by atoms with Crippen molar-refractivity contribution in [2.45, 2.75) is 33.4 Å². The summed E-state index contributed by atoms with van der Waals surface area (Å²) in [7, 11) is -3.10. The van der Waals surface area contributed by atoms with E-state index in [-0.39, 0.29) is 17.7 Å². The second kappa shape index (κ2) is 6.94. The summed E-state index contributed by atoms with van der Waals surface area (Å²) in [5.74, 6) is 0.337. The van der Waals surface area contributed by atoms with Crippen LogP contribution in [-0.2, 0) is 16.4 Å². The molecule has 144 valence electrons. The van der Waals surface area contributed by atoms with Gasteiger partial charge in [-0.3, -0.25) is 9.48 Å². The highest BCUT2D eigenvalue weighted by atomic mass is 32.2. The van der Waals surface area contributed by atoms with Crippen LogP contribution in [0.2, 0.25) is 0 Å². The van der Waals surface area contributed by atoms with Crippen molar-refractivity contribution >= 4 is 20.8 Å². The van der Waals surface area contributed by atoms with Gasteiger partial charge in [0.25, 0.3) is 0 Å². The van der Waals surface area contributed by atoms with E-state index in [1.807, 2.05) is 6.92 Å². The van der Waals surface area contributed by atoms with E-state index in [0.717, 1.165) is 5.56 Å². The van der Waals surface area contributed by atoms with Crippen molar-refractivity contribution in [3.63, 3.8) is 0 Å². The lowest BCUT2D eigenvalue weighted by Gasteiger charge is -2.12. The lowest BCUT2D eigenvalue weighted by molar-refractivity contribution is 0.199. The lowest BCUT2D eigenvalue weighted by atomic mass is 10.0. The van der Waals surface area contributed by atoms with Gasteiger partial charge in [0.2, 0.25) is 0 Å². The molecular weight excluding hydrogens is 368 g/mol. The van der Waals surface area contributed by atoms with Gasteiger partial charge in [-0.2, -0.15) is 5.10 Å². The highest BCUT2D eigenvalue weighted by Gasteiger charge is 2.18. The number of hydrogen-bond donors (Lipinski definition) is 1. The number of hydrogen-bond acceptors (Lipinski definition) is 6. The van der Waals surface area contributed by atoms with E-state index in [1.54, 1.807) is 32.2 Å². The third-order valence-corrected chi connectivity index (χ3v) is 5.35. The van der Waals surface area contributed by atoms with Crippen molar-refractivity contribution in [2.24, 2.45) is 0 Å². The predicted octanol–water partition coefficient (Wildman–Crippen LogP) is 2.37. The summed E-state index contributed by atoms with van der Waals surface area (Å²) in [6.07, 6.45) is 3.57. The first-order valence-corrected chi connectivity index (χ1v) is 10.6. The third-order valence-electron chi connectivity index (χ3n) is 4.43. The van der Waals surface area contributed by atoms with Crippen molar-refractivity contribution in [3.05, 3.63) is 51.4 Å². The summed E-state index contributed by atoms with van der Waals surface area (Å²) >= 11 is 0. The number of rotatable bonds is 5. The molecule has 0 radical (unpaired) electrons. The maximum absolute atomic E-state index is 12.9. The molecule has 0 spiro atoms. The SMILES string of the molecule is Cc1cc([C@H](C)O)c2oc(-c3cnn(CCS(C)(=O)=O)c3)c(C)c(=O)c2c1. The van der Waals surface area contributed by atoms with Gasteiger partial charge in [-0.05, 0) is 38.5 Å². The Morgan fingerprint density at radius 2 is 2.00 bits per heavy atom. The van der Waals surface area contributed by atoms with Crippen LogP contribution < -0.4 is 5.43 Å². The molecule has 0 saturated carbocycles. The zero-order chi connectivity index (χ0) is 19.9.